The van der Waals surface area contributed by atoms with Crippen LogP contribution < -0.4 is 5.32 Å². The Morgan fingerprint density at radius 2 is 1.60 bits per heavy atom. The first-order valence-electron chi connectivity index (χ1n) is 8.03. The van der Waals surface area contributed by atoms with Crippen LogP contribution in [0.2, 0.25) is 0 Å². The van der Waals surface area contributed by atoms with Crippen LogP contribution in [0.4, 0.5) is 0 Å². The van der Waals surface area contributed by atoms with Crippen molar-refractivity contribution in [3.63, 3.8) is 0 Å². The molecule has 0 heterocycles. The monoisotopic (exact) mass is 333 g/mol. The quantitative estimate of drug-likeness (QED) is 0.669. The Labute approximate surface area is 146 Å². The van der Waals surface area contributed by atoms with Gasteiger partial charge in [-0.3, -0.25) is 4.79 Å². The Bertz CT molecular complexity index is 845. The average molecular weight is 333 g/mol. The summed E-state index contributed by atoms with van der Waals surface area (Å²) >= 11 is 0. The van der Waals surface area contributed by atoms with Gasteiger partial charge in [0, 0.05) is 5.56 Å². The molecule has 1 amide bonds. The van der Waals surface area contributed by atoms with Crippen molar-refractivity contribution in [2.24, 2.45) is 0 Å². The van der Waals surface area contributed by atoms with Crippen LogP contribution in [0.15, 0.2) is 78.9 Å². The number of benzene rings is 3. The summed E-state index contributed by atoms with van der Waals surface area (Å²) in [5, 5.41) is 21.8. The van der Waals surface area contributed by atoms with Crippen molar-refractivity contribution in [3.8, 4) is 16.9 Å². The third kappa shape index (κ3) is 4.05. The molecule has 3 aromatic carbocycles. The Balaban J connectivity index is 1.80. The molecule has 1 atom stereocenters. The average Bonchev–Trinajstić information content (AvgIpc) is 2.67. The van der Waals surface area contributed by atoms with Gasteiger partial charge in [-0.25, -0.2) is 0 Å². The highest BCUT2D eigenvalue weighted by Crippen LogP contribution is 2.23. The minimum atomic E-state index is -0.453. The molecule has 4 heteroatoms. The molecule has 126 valence electrons. The zero-order valence-corrected chi connectivity index (χ0v) is 13.6. The zero-order chi connectivity index (χ0) is 17.6. The van der Waals surface area contributed by atoms with Crippen LogP contribution in [-0.4, -0.2) is 22.7 Å². The number of nitrogens with one attached hydrogen (secondary N) is 1. The van der Waals surface area contributed by atoms with Gasteiger partial charge in [0.15, 0.2) is 0 Å². The van der Waals surface area contributed by atoms with E-state index in [0.29, 0.717) is 5.56 Å². The van der Waals surface area contributed by atoms with E-state index in [4.69, 9.17) is 0 Å². The van der Waals surface area contributed by atoms with Gasteiger partial charge in [0.25, 0.3) is 5.91 Å². The molecule has 0 aliphatic rings. The zero-order valence-electron chi connectivity index (χ0n) is 13.6. The molecule has 0 radical (unpaired) electrons. The molecule has 0 unspecified atom stereocenters. The fourth-order valence-corrected chi connectivity index (χ4v) is 2.66. The van der Waals surface area contributed by atoms with Gasteiger partial charge < -0.3 is 15.5 Å². The van der Waals surface area contributed by atoms with Gasteiger partial charge in [-0.2, -0.15) is 0 Å². The number of phenolic OH excluding ortho intramolecular Hbond substituents is 1. The molecule has 0 saturated heterocycles. The number of carbonyl (C=O) groups excluding carboxylic acids is 1. The third-order valence-corrected chi connectivity index (χ3v) is 4.02. The predicted octanol–water partition coefficient (Wildman–Crippen LogP) is 3.52. The molecule has 0 aliphatic heterocycles. The molecule has 0 spiro atoms. The van der Waals surface area contributed by atoms with E-state index in [1.54, 1.807) is 36.4 Å². The number of rotatable bonds is 5. The number of aliphatic hydroxyl groups is 1. The largest absolute Gasteiger partial charge is 0.508 e. The number of aromatic hydroxyl groups is 1. The SMILES string of the molecule is O=C(N[C@H](CO)c1ccccc1)c1cccc(-c2ccc(O)cc2)c1. The summed E-state index contributed by atoms with van der Waals surface area (Å²) in [5.74, 6) is -0.0465. The molecular formula is C21H19NO3. The number of amides is 1. The minimum absolute atomic E-state index is 0.173. The maximum atomic E-state index is 12.6. The van der Waals surface area contributed by atoms with E-state index in [1.807, 2.05) is 42.5 Å². The van der Waals surface area contributed by atoms with E-state index in [-0.39, 0.29) is 18.3 Å². The first-order valence-corrected chi connectivity index (χ1v) is 8.03. The summed E-state index contributed by atoms with van der Waals surface area (Å²) in [4.78, 5) is 12.6. The van der Waals surface area contributed by atoms with Gasteiger partial charge in [-0.1, -0.05) is 54.6 Å². The van der Waals surface area contributed by atoms with Gasteiger partial charge in [0.2, 0.25) is 0 Å². The maximum Gasteiger partial charge on any atom is 0.251 e. The first-order chi connectivity index (χ1) is 12.2. The van der Waals surface area contributed by atoms with Crippen LogP contribution in [0.5, 0.6) is 5.75 Å². The lowest BCUT2D eigenvalue weighted by Gasteiger charge is -2.17. The standard InChI is InChI=1S/C21H19NO3/c23-14-20(16-5-2-1-3-6-16)22-21(25)18-8-4-7-17(13-18)15-9-11-19(24)12-10-15/h1-13,20,23-24H,14H2,(H,22,25)/t20-/m1/s1. The van der Waals surface area contributed by atoms with E-state index in [0.717, 1.165) is 16.7 Å². The van der Waals surface area contributed by atoms with Crippen LogP contribution in [0.25, 0.3) is 11.1 Å². The van der Waals surface area contributed by atoms with Crippen molar-refractivity contribution in [2.75, 3.05) is 6.61 Å². The predicted molar refractivity (Wildman–Crippen MR) is 97.3 cm³/mol. The minimum Gasteiger partial charge on any atom is -0.508 e. The molecule has 3 aromatic rings. The number of hydrogen-bond donors (Lipinski definition) is 3. The molecule has 0 fully saturated rings. The second-order valence-electron chi connectivity index (χ2n) is 5.75. The van der Waals surface area contributed by atoms with Gasteiger partial charge in [0.05, 0.1) is 12.6 Å². The molecule has 0 aromatic heterocycles. The fourth-order valence-electron chi connectivity index (χ4n) is 2.66. The van der Waals surface area contributed by atoms with Crippen molar-refractivity contribution >= 4 is 5.91 Å². The summed E-state index contributed by atoms with van der Waals surface area (Å²) < 4.78 is 0. The lowest BCUT2D eigenvalue weighted by atomic mass is 10.0. The number of phenols is 1. The van der Waals surface area contributed by atoms with Crippen molar-refractivity contribution < 1.29 is 15.0 Å². The number of aliphatic hydroxyl groups excluding tert-OH is 1. The van der Waals surface area contributed by atoms with Crippen LogP contribution in [-0.2, 0) is 0 Å². The summed E-state index contributed by atoms with van der Waals surface area (Å²) in [5.41, 5.74) is 3.16. The Morgan fingerprint density at radius 3 is 2.28 bits per heavy atom. The van der Waals surface area contributed by atoms with Crippen molar-refractivity contribution in [3.05, 3.63) is 90.0 Å². The number of carbonyl (C=O) groups is 1. The second-order valence-corrected chi connectivity index (χ2v) is 5.75. The summed E-state index contributed by atoms with van der Waals surface area (Å²) in [6.45, 7) is -0.173. The van der Waals surface area contributed by atoms with E-state index in [1.165, 1.54) is 0 Å². The summed E-state index contributed by atoms with van der Waals surface area (Å²) in [6.07, 6.45) is 0. The highest BCUT2D eigenvalue weighted by Gasteiger charge is 2.15. The van der Waals surface area contributed by atoms with Crippen molar-refractivity contribution in [1.29, 1.82) is 0 Å². The van der Waals surface area contributed by atoms with Gasteiger partial charge >= 0.3 is 0 Å². The van der Waals surface area contributed by atoms with E-state index < -0.39 is 6.04 Å². The van der Waals surface area contributed by atoms with Gasteiger partial charge in [-0.15, -0.1) is 0 Å². The van der Waals surface area contributed by atoms with E-state index in [2.05, 4.69) is 5.32 Å². The molecule has 0 saturated carbocycles. The molecule has 3 rings (SSSR count). The van der Waals surface area contributed by atoms with E-state index in [9.17, 15) is 15.0 Å². The van der Waals surface area contributed by atoms with Crippen LogP contribution in [0.3, 0.4) is 0 Å². The molecular weight excluding hydrogens is 314 g/mol. The van der Waals surface area contributed by atoms with Crippen LogP contribution in [0.1, 0.15) is 22.0 Å². The maximum absolute atomic E-state index is 12.6. The van der Waals surface area contributed by atoms with Crippen molar-refractivity contribution in [1.82, 2.24) is 5.32 Å². The third-order valence-electron chi connectivity index (χ3n) is 4.02. The lowest BCUT2D eigenvalue weighted by molar-refractivity contribution is 0.0916. The smallest absolute Gasteiger partial charge is 0.251 e. The molecule has 0 aliphatic carbocycles. The Morgan fingerprint density at radius 1 is 0.880 bits per heavy atom. The topological polar surface area (TPSA) is 69.6 Å². The second kappa shape index (κ2) is 7.64. The highest BCUT2D eigenvalue weighted by molar-refractivity contribution is 5.95. The first kappa shape index (κ1) is 16.7. The lowest BCUT2D eigenvalue weighted by Crippen LogP contribution is -2.30. The van der Waals surface area contributed by atoms with Crippen LogP contribution >= 0.6 is 0 Å². The Hall–Kier alpha value is -3.11. The van der Waals surface area contributed by atoms with E-state index >= 15 is 0 Å². The highest BCUT2D eigenvalue weighted by atomic mass is 16.3. The van der Waals surface area contributed by atoms with Gasteiger partial charge in [0.1, 0.15) is 5.75 Å². The molecule has 0 bridgehead atoms. The number of hydrogen-bond acceptors (Lipinski definition) is 3. The Kier molecular flexibility index (Phi) is 5.11. The molecule has 25 heavy (non-hydrogen) atoms. The molecule has 3 N–H and O–H groups in total. The normalized spacial score (nSPS) is 11.7. The van der Waals surface area contributed by atoms with Gasteiger partial charge in [-0.05, 0) is 41.0 Å². The summed E-state index contributed by atoms with van der Waals surface area (Å²) in [6, 6.07) is 23.0. The molecule has 4 nitrogen and oxygen atoms in total. The van der Waals surface area contributed by atoms with Crippen LogP contribution in [0, 0.1) is 0 Å². The van der Waals surface area contributed by atoms with Crippen molar-refractivity contribution in [2.45, 2.75) is 6.04 Å². The fraction of sp³-hybridized carbons (Fsp3) is 0.0952. The summed E-state index contributed by atoms with van der Waals surface area (Å²) in [7, 11) is 0.